The molecule has 7 rings (SSSR count). The van der Waals surface area contributed by atoms with E-state index in [1.165, 1.54) is 27.0 Å². The van der Waals surface area contributed by atoms with E-state index in [0.29, 0.717) is 0 Å². The molecule has 182 valence electrons. The topological polar surface area (TPSA) is 0 Å². The zero-order valence-corrected chi connectivity index (χ0v) is 27.1. The first kappa shape index (κ1) is 24.4. The summed E-state index contributed by atoms with van der Waals surface area (Å²) in [5, 5.41) is 13.6. The SMILES string of the molecule is c1csc([Si](c2cccs2)(c2cccs2)c2ccc([Si](c3cccs3)(c3cccs3)c3cccs3)s2)c1. The molecule has 0 radical (unpaired) electrons. The molecule has 0 atom stereocenters. The van der Waals surface area contributed by atoms with Crippen molar-refractivity contribution < 1.29 is 0 Å². The standard InChI is InChI=1S/C28H20S7Si2/c1-7-21(29-15-1)36(22-8-2-16-30-22,23-9-3-17-31-23)27-13-14-28(35-27)37(24-10-4-18-32-24,25-11-5-19-33-25)26-12-6-20-34-26/h1-20H. The number of thiophene rings is 7. The Bertz CT molecular complexity index is 1360. The average molecular weight is 637 g/mol. The molecule has 0 aliphatic carbocycles. The van der Waals surface area contributed by atoms with Crippen molar-refractivity contribution in [2.45, 2.75) is 0 Å². The highest BCUT2D eigenvalue weighted by Crippen LogP contribution is 2.22. The van der Waals surface area contributed by atoms with E-state index in [0.717, 1.165) is 0 Å². The summed E-state index contributed by atoms with van der Waals surface area (Å²) in [5.41, 5.74) is 0. The van der Waals surface area contributed by atoms with E-state index in [1.54, 1.807) is 9.00 Å². The molecule has 0 spiro atoms. The van der Waals surface area contributed by atoms with E-state index in [9.17, 15) is 0 Å². The third kappa shape index (κ3) is 3.79. The highest BCUT2D eigenvalue weighted by Gasteiger charge is 2.49. The van der Waals surface area contributed by atoms with Crippen LogP contribution in [0, 0.1) is 0 Å². The second-order valence-corrected chi connectivity index (χ2v) is 25.5. The van der Waals surface area contributed by atoms with Gasteiger partial charge in [0.1, 0.15) is 0 Å². The van der Waals surface area contributed by atoms with Crippen molar-refractivity contribution in [2.24, 2.45) is 0 Å². The molecule has 0 fully saturated rings. The number of hydrogen-bond donors (Lipinski definition) is 0. The second kappa shape index (κ2) is 10.1. The van der Waals surface area contributed by atoms with Gasteiger partial charge in [0.05, 0.1) is 0 Å². The molecule has 0 bridgehead atoms. The van der Waals surface area contributed by atoms with Gasteiger partial charge in [0.25, 0.3) is 0 Å². The molecular weight excluding hydrogens is 617 g/mol. The molecule has 7 heterocycles. The molecule has 0 unspecified atom stereocenters. The van der Waals surface area contributed by atoms with Crippen molar-refractivity contribution in [3.8, 4) is 0 Å². The Morgan fingerprint density at radius 1 is 0.297 bits per heavy atom. The van der Waals surface area contributed by atoms with Crippen LogP contribution in [0.4, 0.5) is 0 Å². The van der Waals surface area contributed by atoms with Crippen LogP contribution >= 0.6 is 79.4 Å². The third-order valence-electron chi connectivity index (χ3n) is 6.69. The van der Waals surface area contributed by atoms with Crippen LogP contribution in [0.15, 0.2) is 117 Å². The molecule has 37 heavy (non-hydrogen) atoms. The van der Waals surface area contributed by atoms with E-state index in [2.05, 4.69) is 129 Å². The van der Waals surface area contributed by atoms with Gasteiger partial charge in [0.2, 0.25) is 16.1 Å². The predicted octanol–water partition coefficient (Wildman–Crippen LogP) is 4.87. The van der Waals surface area contributed by atoms with Gasteiger partial charge in [-0.1, -0.05) is 84.9 Å². The van der Waals surface area contributed by atoms with Crippen molar-refractivity contribution in [1.82, 2.24) is 0 Å². The minimum atomic E-state index is -2.35. The van der Waals surface area contributed by atoms with Crippen molar-refractivity contribution in [3.05, 3.63) is 117 Å². The summed E-state index contributed by atoms with van der Waals surface area (Å²) in [6.45, 7) is 0. The van der Waals surface area contributed by atoms with Crippen molar-refractivity contribution in [1.29, 1.82) is 0 Å². The second-order valence-electron chi connectivity index (χ2n) is 8.53. The quantitative estimate of drug-likeness (QED) is 0.209. The lowest BCUT2D eigenvalue weighted by Gasteiger charge is -2.30. The van der Waals surface area contributed by atoms with Gasteiger partial charge < -0.3 is 0 Å². The van der Waals surface area contributed by atoms with Crippen LogP contribution in [0.1, 0.15) is 0 Å². The van der Waals surface area contributed by atoms with E-state index < -0.39 is 16.1 Å². The van der Waals surface area contributed by atoms with Crippen LogP contribution in [0.3, 0.4) is 0 Å². The largest absolute Gasteiger partial charge is 0.222 e. The monoisotopic (exact) mass is 636 g/mol. The first-order chi connectivity index (χ1) is 18.3. The Hall–Kier alpha value is -1.67. The molecule has 0 aliphatic heterocycles. The van der Waals surface area contributed by atoms with Crippen LogP contribution in [-0.4, -0.2) is 16.1 Å². The Kier molecular flexibility index (Phi) is 6.68. The van der Waals surface area contributed by atoms with Gasteiger partial charge in [0.15, 0.2) is 0 Å². The summed E-state index contributed by atoms with van der Waals surface area (Å²) in [6, 6.07) is 32.7. The summed E-state index contributed by atoms with van der Waals surface area (Å²) < 4.78 is 12.3. The summed E-state index contributed by atoms with van der Waals surface area (Å²) in [5.74, 6) is 0. The lowest BCUT2D eigenvalue weighted by atomic mass is 10.6. The summed E-state index contributed by atoms with van der Waals surface area (Å²) in [6.07, 6.45) is 0. The van der Waals surface area contributed by atoms with Gasteiger partial charge in [-0.05, 0) is 32.3 Å². The molecule has 0 saturated heterocycles. The highest BCUT2D eigenvalue weighted by molar-refractivity contribution is 7.58. The van der Waals surface area contributed by atoms with Gasteiger partial charge in [-0.2, -0.15) is 79.4 Å². The van der Waals surface area contributed by atoms with E-state index in [-0.39, 0.29) is 0 Å². The van der Waals surface area contributed by atoms with Gasteiger partial charge in [-0.3, -0.25) is 0 Å². The first-order valence-electron chi connectivity index (χ1n) is 11.7. The molecule has 0 amide bonds. The lowest BCUT2D eigenvalue weighted by molar-refractivity contribution is 1.95. The maximum atomic E-state index is 2.50. The molecule has 0 aromatic carbocycles. The Morgan fingerprint density at radius 3 is 0.730 bits per heavy atom. The van der Waals surface area contributed by atoms with Crippen LogP contribution in [0.25, 0.3) is 0 Å². The van der Waals surface area contributed by atoms with Gasteiger partial charge >= 0.3 is 0 Å². The fourth-order valence-corrected chi connectivity index (χ4v) is 32.0. The lowest BCUT2D eigenvalue weighted by Crippen LogP contribution is -2.73. The summed E-state index contributed by atoms with van der Waals surface area (Å²) in [4.78, 5) is 0. The third-order valence-corrected chi connectivity index (χ3v) is 28.8. The molecule has 0 nitrogen and oxygen atoms in total. The summed E-state index contributed by atoms with van der Waals surface area (Å²) in [7, 11) is -4.70. The fourth-order valence-electron chi connectivity index (χ4n) is 5.15. The van der Waals surface area contributed by atoms with Crippen molar-refractivity contribution in [2.75, 3.05) is 0 Å². The van der Waals surface area contributed by atoms with Crippen molar-refractivity contribution in [3.63, 3.8) is 0 Å². The van der Waals surface area contributed by atoms with E-state index in [4.69, 9.17) is 0 Å². The highest BCUT2D eigenvalue weighted by atomic mass is 32.1. The van der Waals surface area contributed by atoms with Crippen LogP contribution in [-0.2, 0) is 0 Å². The molecule has 0 N–H and O–H groups in total. The molecular formula is C28H20S7Si2. The zero-order valence-electron chi connectivity index (χ0n) is 19.4. The Labute approximate surface area is 246 Å². The summed E-state index contributed by atoms with van der Waals surface area (Å²) >= 11 is 13.7. The zero-order chi connectivity index (χ0) is 24.7. The Morgan fingerprint density at radius 2 is 0.541 bits per heavy atom. The number of rotatable bonds is 8. The minimum absolute atomic E-state index is 1.53. The van der Waals surface area contributed by atoms with Gasteiger partial charge in [-0.15, -0.1) is 0 Å². The fraction of sp³-hybridized carbons (Fsp3) is 0. The van der Waals surface area contributed by atoms with Gasteiger partial charge in [0, 0.05) is 36.0 Å². The maximum absolute atomic E-state index is 2.50. The Balaban J connectivity index is 1.54. The van der Waals surface area contributed by atoms with Crippen LogP contribution in [0.2, 0.25) is 0 Å². The first-order valence-corrected chi connectivity index (χ1v) is 21.8. The van der Waals surface area contributed by atoms with Crippen LogP contribution < -0.4 is 36.0 Å². The van der Waals surface area contributed by atoms with Gasteiger partial charge in [-0.25, -0.2) is 0 Å². The molecule has 7 aromatic heterocycles. The average Bonchev–Trinajstić information content (AvgIpc) is 3.81. The smallest absolute Gasteiger partial charge is 0.152 e. The predicted molar refractivity (Wildman–Crippen MR) is 179 cm³/mol. The molecule has 9 heteroatoms. The normalized spacial score (nSPS) is 12.3. The van der Waals surface area contributed by atoms with E-state index >= 15 is 0 Å². The molecule has 0 saturated carbocycles. The van der Waals surface area contributed by atoms with Crippen LogP contribution in [0.5, 0.6) is 0 Å². The molecule has 7 aromatic rings. The number of hydrogen-bond acceptors (Lipinski definition) is 7. The molecule has 0 aliphatic rings. The maximum Gasteiger partial charge on any atom is 0.222 e. The van der Waals surface area contributed by atoms with E-state index in [1.807, 2.05) is 68.0 Å². The minimum Gasteiger partial charge on any atom is -0.152 e. The van der Waals surface area contributed by atoms with Crippen molar-refractivity contribution >= 4 is 132 Å².